The summed E-state index contributed by atoms with van der Waals surface area (Å²) < 4.78 is 30.6. The van der Waals surface area contributed by atoms with Gasteiger partial charge in [0, 0.05) is 17.8 Å². The van der Waals surface area contributed by atoms with Gasteiger partial charge in [-0.2, -0.15) is 0 Å². The fourth-order valence-corrected chi connectivity index (χ4v) is 6.92. The lowest BCUT2D eigenvalue weighted by atomic mass is 9.96. The first-order chi connectivity index (χ1) is 15.5. The zero-order valence-electron chi connectivity index (χ0n) is 18.2. The topological polar surface area (TPSA) is 81.1 Å². The van der Waals surface area contributed by atoms with E-state index in [9.17, 15) is 13.2 Å². The second-order valence-electron chi connectivity index (χ2n) is 8.20. The number of benzene rings is 2. The summed E-state index contributed by atoms with van der Waals surface area (Å²) in [7, 11) is -3.60. The summed E-state index contributed by atoms with van der Waals surface area (Å²) in [5.41, 5.74) is 0.661. The third-order valence-corrected chi connectivity index (χ3v) is 8.78. The Morgan fingerprint density at radius 3 is 2.56 bits per heavy atom. The van der Waals surface area contributed by atoms with Crippen LogP contribution < -0.4 is 10.3 Å². The number of nitrogens with one attached hydrogen (secondary N) is 1. The molecular formula is C24H29N3O3S2. The lowest BCUT2D eigenvalue weighted by Crippen LogP contribution is -2.44. The molecule has 1 fully saturated rings. The largest absolute Gasteiger partial charge is 0.287 e. The zero-order valence-corrected chi connectivity index (χ0v) is 19.9. The molecule has 4 rings (SSSR count). The third-order valence-electron chi connectivity index (χ3n) is 5.88. The highest BCUT2D eigenvalue weighted by atomic mass is 32.2. The molecule has 0 amide bonds. The molecule has 1 heterocycles. The monoisotopic (exact) mass is 471 g/mol. The summed E-state index contributed by atoms with van der Waals surface area (Å²) in [4.78, 5) is 18.3. The maximum Gasteiger partial charge on any atom is 0.262 e. The van der Waals surface area contributed by atoms with Crippen LogP contribution in [0.2, 0.25) is 0 Å². The predicted molar refractivity (Wildman–Crippen MR) is 130 cm³/mol. The highest BCUT2D eigenvalue weighted by molar-refractivity contribution is 7.99. The Balaban J connectivity index is 1.64. The van der Waals surface area contributed by atoms with Crippen LogP contribution in [0, 0.1) is 0 Å². The first kappa shape index (κ1) is 23.0. The molecule has 1 N–H and O–H groups in total. The van der Waals surface area contributed by atoms with E-state index in [0.29, 0.717) is 22.6 Å². The van der Waals surface area contributed by atoms with Crippen molar-refractivity contribution in [2.75, 3.05) is 0 Å². The maximum atomic E-state index is 13.2. The number of sulfonamides is 1. The van der Waals surface area contributed by atoms with E-state index in [1.54, 1.807) is 34.9 Å². The van der Waals surface area contributed by atoms with Crippen LogP contribution in [0.25, 0.3) is 10.9 Å². The molecule has 0 saturated heterocycles. The van der Waals surface area contributed by atoms with Gasteiger partial charge < -0.3 is 0 Å². The Morgan fingerprint density at radius 1 is 1.06 bits per heavy atom. The number of fused-ring (bicyclic) bond motifs is 1. The predicted octanol–water partition coefficient (Wildman–Crippen LogP) is 4.58. The number of aromatic nitrogens is 2. The summed E-state index contributed by atoms with van der Waals surface area (Å²) in [5, 5.41) is 1.32. The van der Waals surface area contributed by atoms with Gasteiger partial charge in [0.2, 0.25) is 10.0 Å². The van der Waals surface area contributed by atoms with Crippen molar-refractivity contribution < 1.29 is 8.42 Å². The second-order valence-corrected chi connectivity index (χ2v) is 11.1. The normalized spacial score (nSPS) is 19.3. The smallest absolute Gasteiger partial charge is 0.262 e. The average Bonchev–Trinajstić information content (AvgIpc) is 2.81. The molecule has 32 heavy (non-hydrogen) atoms. The number of hydrogen-bond acceptors (Lipinski definition) is 5. The molecular weight excluding hydrogens is 442 g/mol. The van der Waals surface area contributed by atoms with Gasteiger partial charge in [-0.15, -0.1) is 0 Å². The Hall–Kier alpha value is -2.16. The van der Waals surface area contributed by atoms with Gasteiger partial charge in [0.15, 0.2) is 5.16 Å². The van der Waals surface area contributed by atoms with E-state index in [1.807, 2.05) is 24.3 Å². The van der Waals surface area contributed by atoms with Gasteiger partial charge in [-0.05, 0) is 43.5 Å². The fraction of sp³-hybridized carbons (Fsp3) is 0.417. The van der Waals surface area contributed by atoms with Crippen molar-refractivity contribution >= 4 is 32.7 Å². The SMILES string of the molecule is CCCCn1c(SC2CCCCC2NS(=O)(=O)c2ccccc2)nc2ccccc2c1=O. The molecule has 1 aromatic heterocycles. The minimum absolute atomic E-state index is 0.0168. The fourth-order valence-electron chi connectivity index (χ4n) is 4.13. The first-order valence-corrected chi connectivity index (χ1v) is 13.6. The summed E-state index contributed by atoms with van der Waals surface area (Å²) >= 11 is 1.54. The molecule has 0 radical (unpaired) electrons. The molecule has 0 aliphatic heterocycles. The number of para-hydroxylation sites is 1. The molecule has 6 nitrogen and oxygen atoms in total. The average molecular weight is 472 g/mol. The van der Waals surface area contributed by atoms with Crippen molar-refractivity contribution in [2.24, 2.45) is 0 Å². The van der Waals surface area contributed by atoms with Crippen LogP contribution in [0.5, 0.6) is 0 Å². The van der Waals surface area contributed by atoms with E-state index in [2.05, 4.69) is 11.6 Å². The van der Waals surface area contributed by atoms with E-state index < -0.39 is 10.0 Å². The lowest BCUT2D eigenvalue weighted by Gasteiger charge is -2.31. The van der Waals surface area contributed by atoms with Gasteiger partial charge in [-0.25, -0.2) is 18.1 Å². The van der Waals surface area contributed by atoms with Gasteiger partial charge in [0.25, 0.3) is 5.56 Å². The summed E-state index contributed by atoms with van der Waals surface area (Å²) in [6.07, 6.45) is 5.54. The van der Waals surface area contributed by atoms with Gasteiger partial charge >= 0.3 is 0 Å². The van der Waals surface area contributed by atoms with Crippen molar-refractivity contribution in [3.05, 3.63) is 65.0 Å². The maximum absolute atomic E-state index is 13.2. The summed E-state index contributed by atoms with van der Waals surface area (Å²) in [6, 6.07) is 15.7. The van der Waals surface area contributed by atoms with Crippen LogP contribution in [0.4, 0.5) is 0 Å². The molecule has 2 aromatic carbocycles. The summed E-state index contributed by atoms with van der Waals surface area (Å²) in [5.74, 6) is 0. The highest BCUT2D eigenvalue weighted by Gasteiger charge is 2.31. The quantitative estimate of drug-likeness (QED) is 0.487. The molecule has 0 bridgehead atoms. The van der Waals surface area contributed by atoms with Gasteiger partial charge in [-0.3, -0.25) is 9.36 Å². The highest BCUT2D eigenvalue weighted by Crippen LogP contribution is 2.34. The van der Waals surface area contributed by atoms with Crippen molar-refractivity contribution in [3.8, 4) is 0 Å². The van der Waals surface area contributed by atoms with E-state index in [4.69, 9.17) is 4.98 Å². The number of unbranched alkanes of at least 4 members (excludes halogenated alkanes) is 1. The van der Waals surface area contributed by atoms with Crippen LogP contribution >= 0.6 is 11.8 Å². The van der Waals surface area contributed by atoms with E-state index in [0.717, 1.165) is 38.5 Å². The van der Waals surface area contributed by atoms with E-state index in [1.165, 1.54) is 11.8 Å². The molecule has 3 aromatic rings. The Labute approximate surface area is 193 Å². The first-order valence-electron chi connectivity index (χ1n) is 11.2. The Kier molecular flexibility index (Phi) is 7.33. The van der Waals surface area contributed by atoms with Crippen molar-refractivity contribution in [1.82, 2.24) is 14.3 Å². The molecule has 170 valence electrons. The van der Waals surface area contributed by atoms with Gasteiger partial charge in [-0.1, -0.05) is 68.3 Å². The number of thioether (sulfide) groups is 1. The van der Waals surface area contributed by atoms with E-state index in [-0.39, 0.29) is 21.7 Å². The summed E-state index contributed by atoms with van der Waals surface area (Å²) in [6.45, 7) is 2.71. The molecule has 2 unspecified atom stereocenters. The molecule has 8 heteroatoms. The molecule has 0 spiro atoms. The zero-order chi connectivity index (χ0) is 22.6. The van der Waals surface area contributed by atoms with Crippen LogP contribution in [0.1, 0.15) is 45.4 Å². The van der Waals surface area contributed by atoms with Crippen LogP contribution in [0.3, 0.4) is 0 Å². The van der Waals surface area contributed by atoms with E-state index >= 15 is 0 Å². The number of nitrogens with zero attached hydrogens (tertiary/aromatic N) is 2. The van der Waals surface area contributed by atoms with Crippen LogP contribution in [0.15, 0.2) is 69.4 Å². The molecule has 1 aliphatic rings. The Morgan fingerprint density at radius 2 is 1.78 bits per heavy atom. The van der Waals surface area contributed by atoms with Crippen molar-refractivity contribution in [2.45, 2.75) is 73.3 Å². The van der Waals surface area contributed by atoms with Crippen LogP contribution in [-0.2, 0) is 16.6 Å². The van der Waals surface area contributed by atoms with Crippen molar-refractivity contribution in [1.29, 1.82) is 0 Å². The number of hydrogen-bond donors (Lipinski definition) is 1. The van der Waals surface area contributed by atoms with Crippen LogP contribution in [-0.4, -0.2) is 29.3 Å². The molecule has 2 atom stereocenters. The molecule has 1 saturated carbocycles. The molecule has 1 aliphatic carbocycles. The second kappa shape index (κ2) is 10.2. The minimum atomic E-state index is -3.60. The minimum Gasteiger partial charge on any atom is -0.287 e. The third kappa shape index (κ3) is 5.08. The van der Waals surface area contributed by atoms with Gasteiger partial charge in [0.05, 0.1) is 15.8 Å². The Bertz CT molecular complexity index is 1230. The van der Waals surface area contributed by atoms with Crippen molar-refractivity contribution in [3.63, 3.8) is 0 Å². The standard InChI is InChI=1S/C24H29N3O3S2/c1-2-3-17-27-23(28)19-13-7-8-14-20(19)25-24(27)31-22-16-10-9-15-21(22)26-32(29,30)18-11-5-4-6-12-18/h4-8,11-14,21-22,26H,2-3,9-10,15-17H2,1H3. The number of rotatable bonds is 8. The van der Waals surface area contributed by atoms with Gasteiger partial charge in [0.1, 0.15) is 0 Å². The lowest BCUT2D eigenvalue weighted by molar-refractivity contribution is 0.421.